The summed E-state index contributed by atoms with van der Waals surface area (Å²) in [5.41, 5.74) is 8.24. The summed E-state index contributed by atoms with van der Waals surface area (Å²) in [5.74, 6) is -0.484. The van der Waals surface area contributed by atoms with Gasteiger partial charge in [-0.25, -0.2) is 14.8 Å². The number of carbonyl (C=O) groups is 1. The van der Waals surface area contributed by atoms with E-state index in [9.17, 15) is 4.79 Å². The summed E-state index contributed by atoms with van der Waals surface area (Å²) in [5, 5.41) is 1.70. The highest BCUT2D eigenvalue weighted by molar-refractivity contribution is 5.99. The van der Waals surface area contributed by atoms with Crippen molar-refractivity contribution in [2.75, 3.05) is 13.2 Å². The average molecular weight is 531 g/mol. The summed E-state index contributed by atoms with van der Waals surface area (Å²) in [7, 11) is 0. The molecule has 0 spiro atoms. The molecule has 0 unspecified atom stereocenters. The Hall–Kier alpha value is -4.39. The third kappa shape index (κ3) is 5.24. The molecule has 0 bridgehead atoms. The van der Waals surface area contributed by atoms with Gasteiger partial charge in [0.25, 0.3) is 0 Å². The Morgan fingerprint density at radius 1 is 0.750 bits per heavy atom. The Kier molecular flexibility index (Phi) is 7.36. The molecule has 200 valence electrons. The highest BCUT2D eigenvalue weighted by Gasteiger charge is 2.28. The van der Waals surface area contributed by atoms with Crippen molar-refractivity contribution in [1.29, 1.82) is 0 Å². The predicted octanol–water partition coefficient (Wildman–Crippen LogP) is 5.64. The van der Waals surface area contributed by atoms with Gasteiger partial charge in [-0.15, -0.1) is 0 Å². The average Bonchev–Trinajstić information content (AvgIpc) is 3.52. The van der Waals surface area contributed by atoms with Crippen LogP contribution in [0.3, 0.4) is 0 Å². The fourth-order valence-electron chi connectivity index (χ4n) is 5.23. The van der Waals surface area contributed by atoms with E-state index in [1.54, 1.807) is 0 Å². The van der Waals surface area contributed by atoms with Crippen LogP contribution in [0.5, 0.6) is 0 Å². The number of hydrogen-bond acceptors (Lipinski definition) is 6. The maximum Gasteiger partial charge on any atom is 0.357 e. The Balaban J connectivity index is 1.20. The molecule has 6 heteroatoms. The largest absolute Gasteiger partial charge is 0.453 e. The topological polar surface area (TPSA) is 69.5 Å². The molecule has 6 rings (SSSR count). The Morgan fingerprint density at radius 2 is 1.35 bits per heavy atom. The van der Waals surface area contributed by atoms with Gasteiger partial charge in [0.15, 0.2) is 5.70 Å². The minimum absolute atomic E-state index is 0.206. The van der Waals surface area contributed by atoms with Crippen molar-refractivity contribution >= 4 is 17.2 Å². The van der Waals surface area contributed by atoms with Gasteiger partial charge in [0.05, 0.1) is 42.8 Å². The maximum atomic E-state index is 13.5. The van der Waals surface area contributed by atoms with E-state index in [0.29, 0.717) is 18.9 Å². The number of benzene rings is 4. The fourth-order valence-corrected chi connectivity index (χ4v) is 5.23. The van der Waals surface area contributed by atoms with Crippen LogP contribution in [0.25, 0.3) is 16.7 Å². The van der Waals surface area contributed by atoms with E-state index < -0.39 is 12.1 Å². The van der Waals surface area contributed by atoms with Crippen LogP contribution in [0.4, 0.5) is 5.69 Å². The lowest BCUT2D eigenvalue weighted by Gasteiger charge is -2.18. The number of para-hydroxylation sites is 1. The normalized spacial score (nSPS) is 13.0. The lowest BCUT2D eigenvalue weighted by atomic mass is 9.96. The molecule has 0 saturated heterocycles. The van der Waals surface area contributed by atoms with E-state index in [1.807, 2.05) is 98.8 Å². The van der Waals surface area contributed by atoms with Gasteiger partial charge in [-0.2, -0.15) is 0 Å². The highest BCUT2D eigenvalue weighted by Crippen LogP contribution is 2.34. The van der Waals surface area contributed by atoms with Crippen LogP contribution in [-0.4, -0.2) is 25.3 Å². The zero-order valence-corrected chi connectivity index (χ0v) is 22.6. The third-order valence-corrected chi connectivity index (χ3v) is 7.21. The molecule has 0 saturated carbocycles. The van der Waals surface area contributed by atoms with Crippen LogP contribution in [-0.2, 0) is 32.2 Å². The molecule has 6 nitrogen and oxygen atoms in total. The number of ether oxygens (including phenoxy) is 3. The minimum atomic E-state index is -0.591. The first kappa shape index (κ1) is 25.9. The standard InChI is InChI=1S/C34H30N2O4/c1-22-31-23(2)33(36-30(31)17-28-27-15-9-10-16-29(27)35-32(22)28)34(37)40-26(20-38-18-24-11-5-3-6-12-24)21-39-19-25-13-7-4-8-14-25/h3-17,26H,18-21H2,1-2H3. The second-order valence-electron chi connectivity index (χ2n) is 10.0. The van der Waals surface area contributed by atoms with Gasteiger partial charge in [-0.05, 0) is 48.2 Å². The van der Waals surface area contributed by atoms with Crippen molar-refractivity contribution < 1.29 is 19.0 Å². The maximum absolute atomic E-state index is 13.5. The number of fused-ring (bicyclic) bond motifs is 4. The second-order valence-corrected chi connectivity index (χ2v) is 10.0. The predicted molar refractivity (Wildman–Crippen MR) is 153 cm³/mol. The molecule has 0 atom stereocenters. The Bertz CT molecular complexity index is 1670. The summed E-state index contributed by atoms with van der Waals surface area (Å²) >= 11 is 0. The van der Waals surface area contributed by atoms with E-state index in [2.05, 4.69) is 6.07 Å². The molecule has 0 amide bonds. The summed E-state index contributed by atoms with van der Waals surface area (Å²) in [6, 6.07) is 29.9. The minimum Gasteiger partial charge on any atom is -0.453 e. The van der Waals surface area contributed by atoms with Crippen LogP contribution in [0.2, 0.25) is 0 Å². The van der Waals surface area contributed by atoms with Crippen molar-refractivity contribution in [3.63, 3.8) is 0 Å². The van der Waals surface area contributed by atoms with Gasteiger partial charge in [0, 0.05) is 16.7 Å². The molecule has 40 heavy (non-hydrogen) atoms. The zero-order chi connectivity index (χ0) is 27.5. The van der Waals surface area contributed by atoms with Gasteiger partial charge >= 0.3 is 5.97 Å². The molecule has 0 fully saturated rings. The van der Waals surface area contributed by atoms with E-state index in [4.69, 9.17) is 24.2 Å². The highest BCUT2D eigenvalue weighted by atomic mass is 16.6. The quantitative estimate of drug-likeness (QED) is 0.219. The number of rotatable bonds is 10. The fraction of sp³-hybridized carbons (Fsp3) is 0.206. The molecule has 0 aliphatic carbocycles. The second kappa shape index (κ2) is 11.4. The number of esters is 1. The van der Waals surface area contributed by atoms with Crippen LogP contribution >= 0.6 is 0 Å². The summed E-state index contributed by atoms with van der Waals surface area (Å²) in [6.07, 6.45) is -0.591. The molecule has 2 aliphatic rings. The number of carbonyl (C=O) groups excluding carboxylic acids is 1. The van der Waals surface area contributed by atoms with Crippen LogP contribution in [0, 0.1) is 6.92 Å². The van der Waals surface area contributed by atoms with Gasteiger partial charge in [0.1, 0.15) is 6.10 Å². The van der Waals surface area contributed by atoms with Gasteiger partial charge in [0.2, 0.25) is 0 Å². The SMILES string of the molecule is CC1=C(C(=O)OC(COCc2ccccc2)COCc2ccccc2)N=c2cc3c(c(C)c21)=Nc1ccccc1-3. The van der Waals surface area contributed by atoms with Crippen molar-refractivity contribution in [3.8, 4) is 11.1 Å². The van der Waals surface area contributed by atoms with E-state index in [1.165, 1.54) is 0 Å². The smallest absolute Gasteiger partial charge is 0.357 e. The Labute approximate surface area is 233 Å². The van der Waals surface area contributed by atoms with Crippen LogP contribution in [0.1, 0.15) is 29.2 Å². The molecular formula is C34H30N2O4. The van der Waals surface area contributed by atoms with Crippen LogP contribution < -0.4 is 10.7 Å². The molecule has 0 N–H and O–H groups in total. The van der Waals surface area contributed by atoms with Crippen molar-refractivity contribution in [2.45, 2.75) is 33.2 Å². The molecule has 2 aliphatic heterocycles. The lowest BCUT2D eigenvalue weighted by Crippen LogP contribution is -2.29. The number of allylic oxidation sites excluding steroid dienone is 1. The van der Waals surface area contributed by atoms with E-state index in [-0.39, 0.29) is 13.2 Å². The van der Waals surface area contributed by atoms with Gasteiger partial charge < -0.3 is 14.2 Å². The summed E-state index contributed by atoms with van der Waals surface area (Å²) in [6.45, 7) is 5.20. The van der Waals surface area contributed by atoms with Crippen LogP contribution in [0.15, 0.2) is 107 Å². The van der Waals surface area contributed by atoms with Gasteiger partial charge in [-0.3, -0.25) is 0 Å². The zero-order valence-electron chi connectivity index (χ0n) is 22.6. The molecule has 4 aromatic carbocycles. The third-order valence-electron chi connectivity index (χ3n) is 7.21. The molecule has 4 aromatic rings. The number of nitrogens with zero attached hydrogens (tertiary/aromatic N) is 2. The number of hydrogen-bond donors (Lipinski definition) is 0. The first-order chi connectivity index (χ1) is 19.6. The molecule has 0 radical (unpaired) electrons. The summed E-state index contributed by atoms with van der Waals surface area (Å²) in [4.78, 5) is 23.0. The van der Waals surface area contributed by atoms with Gasteiger partial charge in [-0.1, -0.05) is 78.9 Å². The monoisotopic (exact) mass is 530 g/mol. The lowest BCUT2D eigenvalue weighted by molar-refractivity contribution is -0.152. The van der Waals surface area contributed by atoms with Crippen molar-refractivity contribution in [2.24, 2.45) is 9.98 Å². The first-order valence-corrected chi connectivity index (χ1v) is 13.4. The molecular weight excluding hydrogens is 500 g/mol. The van der Waals surface area contributed by atoms with E-state index in [0.717, 1.165) is 55.4 Å². The molecule has 2 heterocycles. The van der Waals surface area contributed by atoms with Crippen molar-refractivity contribution in [3.05, 3.63) is 130 Å². The molecule has 0 aromatic heterocycles. The van der Waals surface area contributed by atoms with Crippen molar-refractivity contribution in [1.82, 2.24) is 0 Å². The first-order valence-electron chi connectivity index (χ1n) is 13.4. The van der Waals surface area contributed by atoms with E-state index >= 15 is 0 Å². The Morgan fingerprint density at radius 3 is 2.00 bits per heavy atom. The summed E-state index contributed by atoms with van der Waals surface area (Å²) < 4.78 is 17.8.